The highest BCUT2D eigenvalue weighted by molar-refractivity contribution is 5.86. The van der Waals surface area contributed by atoms with E-state index in [0.29, 0.717) is 0 Å². The normalized spacial score (nSPS) is 13.4. The van der Waals surface area contributed by atoms with Crippen LogP contribution in [0.2, 0.25) is 0 Å². The molecule has 0 aliphatic rings. The number of hydrogen-bond acceptors (Lipinski definition) is 3. The van der Waals surface area contributed by atoms with E-state index in [0.717, 1.165) is 16.3 Å². The zero-order chi connectivity index (χ0) is 16.1. The van der Waals surface area contributed by atoms with E-state index in [-0.39, 0.29) is 18.4 Å². The first kappa shape index (κ1) is 16.0. The van der Waals surface area contributed by atoms with Crippen LogP contribution in [-0.4, -0.2) is 29.5 Å². The molecule has 2 atom stereocenters. The number of aliphatic hydroxyl groups excluding tert-OH is 1. The molecule has 0 aliphatic carbocycles. The standard InChI is InChI=1S/C17H20N2O3/c1-11(19-12(2)20)17(22)18-10-16(21)15-8-7-13-5-3-4-6-14(13)9-15/h3-9,11,16,21H,10H2,1-2H3,(H,18,22)(H,19,20). The van der Waals surface area contributed by atoms with Gasteiger partial charge >= 0.3 is 0 Å². The first-order chi connectivity index (χ1) is 10.5. The Morgan fingerprint density at radius 2 is 1.82 bits per heavy atom. The average Bonchev–Trinajstić information content (AvgIpc) is 2.51. The van der Waals surface area contributed by atoms with Crippen molar-refractivity contribution in [2.24, 2.45) is 0 Å². The minimum Gasteiger partial charge on any atom is -0.387 e. The molecule has 0 saturated carbocycles. The summed E-state index contributed by atoms with van der Waals surface area (Å²) in [5.74, 6) is -0.590. The summed E-state index contributed by atoms with van der Waals surface area (Å²) in [6.45, 7) is 3.05. The van der Waals surface area contributed by atoms with E-state index in [2.05, 4.69) is 10.6 Å². The monoisotopic (exact) mass is 300 g/mol. The van der Waals surface area contributed by atoms with Crippen LogP contribution in [0.5, 0.6) is 0 Å². The molecule has 5 heteroatoms. The van der Waals surface area contributed by atoms with Crippen molar-refractivity contribution in [2.75, 3.05) is 6.54 Å². The predicted octanol–water partition coefficient (Wildman–Crippen LogP) is 1.51. The lowest BCUT2D eigenvalue weighted by atomic mass is 10.0. The molecule has 116 valence electrons. The van der Waals surface area contributed by atoms with Crippen LogP contribution in [0, 0.1) is 0 Å². The highest BCUT2D eigenvalue weighted by atomic mass is 16.3. The molecule has 2 rings (SSSR count). The van der Waals surface area contributed by atoms with Crippen LogP contribution in [0.3, 0.4) is 0 Å². The van der Waals surface area contributed by atoms with Crippen molar-refractivity contribution < 1.29 is 14.7 Å². The third kappa shape index (κ3) is 4.05. The van der Waals surface area contributed by atoms with Gasteiger partial charge in [0.1, 0.15) is 6.04 Å². The molecule has 2 amide bonds. The van der Waals surface area contributed by atoms with Gasteiger partial charge in [-0.1, -0.05) is 36.4 Å². The molecule has 0 fully saturated rings. The number of rotatable bonds is 5. The van der Waals surface area contributed by atoms with Gasteiger partial charge in [0.25, 0.3) is 0 Å². The number of benzene rings is 2. The number of aliphatic hydroxyl groups is 1. The van der Waals surface area contributed by atoms with Crippen molar-refractivity contribution in [3.63, 3.8) is 0 Å². The van der Waals surface area contributed by atoms with Gasteiger partial charge in [0, 0.05) is 13.5 Å². The number of carbonyl (C=O) groups excluding carboxylic acids is 2. The first-order valence-electron chi connectivity index (χ1n) is 7.19. The largest absolute Gasteiger partial charge is 0.387 e. The van der Waals surface area contributed by atoms with Gasteiger partial charge in [-0.25, -0.2) is 0 Å². The molecule has 2 aromatic carbocycles. The van der Waals surface area contributed by atoms with Gasteiger partial charge in [-0.15, -0.1) is 0 Å². The third-order valence-corrected chi connectivity index (χ3v) is 3.44. The Balaban J connectivity index is 1.97. The van der Waals surface area contributed by atoms with Gasteiger partial charge in [0.2, 0.25) is 11.8 Å². The maximum absolute atomic E-state index is 11.8. The van der Waals surface area contributed by atoms with Gasteiger partial charge in [-0.05, 0) is 29.3 Å². The second-order valence-electron chi connectivity index (χ2n) is 5.29. The maximum atomic E-state index is 11.8. The summed E-state index contributed by atoms with van der Waals surface area (Å²) in [5, 5.41) is 17.5. The zero-order valence-electron chi connectivity index (χ0n) is 12.7. The van der Waals surface area contributed by atoms with E-state index in [1.165, 1.54) is 6.92 Å². The molecule has 22 heavy (non-hydrogen) atoms. The molecular formula is C17H20N2O3. The fourth-order valence-electron chi connectivity index (χ4n) is 2.25. The van der Waals surface area contributed by atoms with Crippen LogP contribution < -0.4 is 10.6 Å². The van der Waals surface area contributed by atoms with Gasteiger partial charge in [0.05, 0.1) is 6.10 Å². The molecule has 0 saturated heterocycles. The van der Waals surface area contributed by atoms with Crippen molar-refractivity contribution >= 4 is 22.6 Å². The number of fused-ring (bicyclic) bond motifs is 1. The second-order valence-corrected chi connectivity index (χ2v) is 5.29. The minimum absolute atomic E-state index is 0.0983. The molecule has 2 unspecified atom stereocenters. The molecule has 0 heterocycles. The lowest BCUT2D eigenvalue weighted by Gasteiger charge is -2.16. The summed E-state index contributed by atoms with van der Waals surface area (Å²) in [4.78, 5) is 22.7. The van der Waals surface area contributed by atoms with Gasteiger partial charge in [-0.2, -0.15) is 0 Å². The number of hydrogen-bond donors (Lipinski definition) is 3. The molecule has 3 N–H and O–H groups in total. The summed E-state index contributed by atoms with van der Waals surface area (Å²) in [6.07, 6.45) is -0.793. The SMILES string of the molecule is CC(=O)NC(C)C(=O)NCC(O)c1ccc2ccccc2c1. The van der Waals surface area contributed by atoms with Gasteiger partial charge in [-0.3, -0.25) is 9.59 Å². The summed E-state index contributed by atoms with van der Waals surface area (Å²) in [5.41, 5.74) is 0.742. The topological polar surface area (TPSA) is 78.4 Å². The summed E-state index contributed by atoms with van der Waals surface area (Å²) in [7, 11) is 0. The first-order valence-corrected chi connectivity index (χ1v) is 7.19. The highest BCUT2D eigenvalue weighted by Crippen LogP contribution is 2.20. The molecule has 0 aromatic heterocycles. The van der Waals surface area contributed by atoms with E-state index < -0.39 is 12.1 Å². The highest BCUT2D eigenvalue weighted by Gasteiger charge is 2.15. The van der Waals surface area contributed by atoms with E-state index in [4.69, 9.17) is 0 Å². The lowest BCUT2D eigenvalue weighted by Crippen LogP contribution is -2.45. The van der Waals surface area contributed by atoms with Crippen molar-refractivity contribution in [1.82, 2.24) is 10.6 Å². The summed E-state index contributed by atoms with van der Waals surface area (Å²) >= 11 is 0. The van der Waals surface area contributed by atoms with Crippen LogP contribution in [0.15, 0.2) is 42.5 Å². The fourth-order valence-corrected chi connectivity index (χ4v) is 2.25. The molecule has 0 radical (unpaired) electrons. The number of amides is 2. The quantitative estimate of drug-likeness (QED) is 0.783. The van der Waals surface area contributed by atoms with E-state index >= 15 is 0 Å². The van der Waals surface area contributed by atoms with Gasteiger partial charge in [0.15, 0.2) is 0 Å². The second kappa shape index (κ2) is 7.04. The van der Waals surface area contributed by atoms with Crippen LogP contribution in [0.1, 0.15) is 25.5 Å². The molecule has 0 spiro atoms. The van der Waals surface area contributed by atoms with E-state index in [1.807, 2.05) is 42.5 Å². The van der Waals surface area contributed by atoms with E-state index in [1.54, 1.807) is 6.92 Å². The number of carbonyl (C=O) groups is 2. The van der Waals surface area contributed by atoms with Gasteiger partial charge < -0.3 is 15.7 Å². The average molecular weight is 300 g/mol. The summed E-state index contributed by atoms with van der Waals surface area (Å²) < 4.78 is 0. The van der Waals surface area contributed by atoms with Crippen LogP contribution >= 0.6 is 0 Å². The maximum Gasteiger partial charge on any atom is 0.242 e. The molecule has 2 aromatic rings. The molecule has 5 nitrogen and oxygen atoms in total. The fraction of sp³-hybridized carbons (Fsp3) is 0.294. The Labute approximate surface area is 129 Å². The van der Waals surface area contributed by atoms with E-state index in [9.17, 15) is 14.7 Å². The Kier molecular flexibility index (Phi) is 5.12. The Hall–Kier alpha value is -2.40. The van der Waals surface area contributed by atoms with Crippen molar-refractivity contribution in [3.05, 3.63) is 48.0 Å². The Bertz CT molecular complexity index is 684. The van der Waals surface area contributed by atoms with Crippen LogP contribution in [0.25, 0.3) is 10.8 Å². The molecular weight excluding hydrogens is 280 g/mol. The molecule has 0 aliphatic heterocycles. The van der Waals surface area contributed by atoms with Crippen molar-refractivity contribution in [2.45, 2.75) is 26.0 Å². The third-order valence-electron chi connectivity index (χ3n) is 3.44. The van der Waals surface area contributed by atoms with Crippen molar-refractivity contribution in [1.29, 1.82) is 0 Å². The van der Waals surface area contributed by atoms with Crippen molar-refractivity contribution in [3.8, 4) is 0 Å². The Morgan fingerprint density at radius 3 is 2.50 bits per heavy atom. The smallest absolute Gasteiger partial charge is 0.242 e. The summed E-state index contributed by atoms with van der Waals surface area (Å²) in [6, 6.07) is 12.9. The minimum atomic E-state index is -0.793. The number of nitrogens with one attached hydrogen (secondary N) is 2. The predicted molar refractivity (Wildman–Crippen MR) is 85.2 cm³/mol. The van der Waals surface area contributed by atoms with Crippen LogP contribution in [-0.2, 0) is 9.59 Å². The Morgan fingerprint density at radius 1 is 1.14 bits per heavy atom. The lowest BCUT2D eigenvalue weighted by molar-refractivity contribution is -0.127. The van der Waals surface area contributed by atoms with Crippen LogP contribution in [0.4, 0.5) is 0 Å². The molecule has 0 bridgehead atoms. The zero-order valence-corrected chi connectivity index (χ0v) is 12.7.